The zero-order valence-electron chi connectivity index (χ0n) is 15.9. The van der Waals surface area contributed by atoms with Gasteiger partial charge in [0.1, 0.15) is 5.82 Å². The Morgan fingerprint density at radius 3 is 2.64 bits per heavy atom. The van der Waals surface area contributed by atoms with Crippen molar-refractivity contribution in [1.82, 2.24) is 9.36 Å². The van der Waals surface area contributed by atoms with E-state index in [4.69, 9.17) is 9.47 Å². The van der Waals surface area contributed by atoms with Crippen molar-refractivity contribution in [3.63, 3.8) is 0 Å². The van der Waals surface area contributed by atoms with E-state index in [1.165, 1.54) is 6.07 Å². The van der Waals surface area contributed by atoms with Crippen LogP contribution in [0, 0.1) is 0 Å². The third kappa shape index (κ3) is 5.12. The van der Waals surface area contributed by atoms with E-state index < -0.39 is 11.7 Å². The lowest BCUT2D eigenvalue weighted by Gasteiger charge is -2.38. The van der Waals surface area contributed by atoms with E-state index >= 15 is 0 Å². The molecule has 2 unspecified atom stereocenters. The van der Waals surface area contributed by atoms with Crippen molar-refractivity contribution in [2.24, 2.45) is 0 Å². The highest BCUT2D eigenvalue weighted by Crippen LogP contribution is 2.39. The highest BCUT2D eigenvalue weighted by molar-refractivity contribution is 7.09. The van der Waals surface area contributed by atoms with Gasteiger partial charge in [0.15, 0.2) is 0 Å². The molecule has 1 N–H and O–H groups in total. The second-order valence-corrected chi connectivity index (χ2v) is 7.53. The number of anilines is 3. The largest absolute Gasteiger partial charge is 0.418 e. The van der Waals surface area contributed by atoms with Crippen LogP contribution in [0.4, 0.5) is 29.7 Å². The van der Waals surface area contributed by atoms with Gasteiger partial charge >= 0.3 is 6.18 Å². The van der Waals surface area contributed by atoms with E-state index in [0.717, 1.165) is 17.6 Å². The summed E-state index contributed by atoms with van der Waals surface area (Å²) in [5.41, 5.74) is -0.194. The van der Waals surface area contributed by atoms with Crippen LogP contribution in [-0.4, -0.2) is 48.4 Å². The molecule has 1 aromatic heterocycles. The lowest BCUT2D eigenvalue weighted by molar-refractivity contribution is -0.137. The van der Waals surface area contributed by atoms with Gasteiger partial charge in [-0.15, -0.1) is 0 Å². The van der Waals surface area contributed by atoms with E-state index in [1.54, 1.807) is 18.1 Å². The molecule has 2 heterocycles. The first-order chi connectivity index (χ1) is 13.3. The van der Waals surface area contributed by atoms with Crippen LogP contribution >= 0.6 is 11.5 Å². The van der Waals surface area contributed by atoms with Gasteiger partial charge in [0.25, 0.3) is 0 Å². The van der Waals surface area contributed by atoms with Crippen LogP contribution in [0.5, 0.6) is 0 Å². The minimum atomic E-state index is -4.47. The van der Waals surface area contributed by atoms with Gasteiger partial charge in [0, 0.05) is 49.5 Å². The number of hydrogen-bond donors (Lipinski definition) is 1. The Kier molecular flexibility index (Phi) is 6.41. The van der Waals surface area contributed by atoms with Crippen LogP contribution in [0.1, 0.15) is 25.2 Å². The molecule has 1 aliphatic heterocycles. The van der Waals surface area contributed by atoms with Gasteiger partial charge < -0.3 is 19.7 Å². The number of hydrogen-bond acceptors (Lipinski definition) is 7. The summed E-state index contributed by atoms with van der Waals surface area (Å²) >= 11 is 1.11. The Bertz CT molecular complexity index is 789. The second kappa shape index (κ2) is 8.62. The molecule has 1 saturated heterocycles. The minimum absolute atomic E-state index is 0.130. The molecule has 2 atom stereocenters. The van der Waals surface area contributed by atoms with E-state index in [2.05, 4.69) is 14.7 Å². The predicted molar refractivity (Wildman–Crippen MR) is 102 cm³/mol. The van der Waals surface area contributed by atoms with Crippen molar-refractivity contribution in [3.8, 4) is 0 Å². The summed E-state index contributed by atoms with van der Waals surface area (Å²) in [6.45, 7) is 5.04. The van der Waals surface area contributed by atoms with E-state index in [1.807, 2.05) is 13.8 Å². The predicted octanol–water partition coefficient (Wildman–Crippen LogP) is 4.10. The molecule has 0 radical (unpaired) electrons. The van der Waals surface area contributed by atoms with Crippen LogP contribution < -0.4 is 10.2 Å². The molecule has 28 heavy (non-hydrogen) atoms. The van der Waals surface area contributed by atoms with E-state index in [0.29, 0.717) is 42.8 Å². The maximum absolute atomic E-state index is 13.7. The molecular formula is C18H23F3N4O2S. The molecule has 10 heteroatoms. The van der Waals surface area contributed by atoms with Crippen molar-refractivity contribution in [3.05, 3.63) is 29.6 Å². The van der Waals surface area contributed by atoms with Crippen molar-refractivity contribution < 1.29 is 22.6 Å². The van der Waals surface area contributed by atoms with Crippen LogP contribution in [0.25, 0.3) is 0 Å². The number of alkyl halides is 3. The first-order valence-corrected chi connectivity index (χ1v) is 9.74. The number of ether oxygens (including phenoxy) is 2. The maximum Gasteiger partial charge on any atom is 0.418 e. The fraction of sp³-hybridized carbons (Fsp3) is 0.556. The molecule has 0 saturated carbocycles. The van der Waals surface area contributed by atoms with Crippen LogP contribution in [0.2, 0.25) is 0 Å². The smallest absolute Gasteiger partial charge is 0.384 e. The molecule has 1 aromatic carbocycles. The van der Waals surface area contributed by atoms with Gasteiger partial charge in [-0.25, -0.2) is 4.98 Å². The van der Waals surface area contributed by atoms with Crippen molar-refractivity contribution in [2.75, 3.05) is 37.0 Å². The Hall–Kier alpha value is -1.91. The van der Waals surface area contributed by atoms with E-state index in [-0.39, 0.29) is 17.9 Å². The molecule has 1 fully saturated rings. The first kappa shape index (κ1) is 20.8. The summed E-state index contributed by atoms with van der Waals surface area (Å²) in [5.74, 6) is 0.596. The molecule has 0 bridgehead atoms. The highest BCUT2D eigenvalue weighted by Gasteiger charge is 2.36. The van der Waals surface area contributed by atoms with Gasteiger partial charge in [-0.1, -0.05) is 0 Å². The standard InChI is InChI=1S/C18H23F3N4O2S/c1-11-9-25(10-12(2)27-11)15-5-4-13(8-14(15)18(19,20)21)22-17-23-16(24-28-17)6-7-26-3/h4-5,8,11-12H,6-7,9-10H2,1-3H3,(H,22,23,24). The van der Waals surface area contributed by atoms with Gasteiger partial charge in [0.05, 0.1) is 24.4 Å². The average molecular weight is 416 g/mol. The number of methoxy groups -OCH3 is 1. The SMILES string of the molecule is COCCc1nsc(Nc2ccc(N3CC(C)OC(C)C3)c(C(F)(F)F)c2)n1. The second-order valence-electron chi connectivity index (χ2n) is 6.78. The number of halogens is 3. The molecule has 0 amide bonds. The quantitative estimate of drug-likeness (QED) is 0.765. The molecule has 2 aromatic rings. The van der Waals surface area contributed by atoms with Gasteiger partial charge in [-0.2, -0.15) is 17.5 Å². The zero-order chi connectivity index (χ0) is 20.3. The minimum Gasteiger partial charge on any atom is -0.384 e. The van der Waals surface area contributed by atoms with Crippen molar-refractivity contribution in [2.45, 2.75) is 38.7 Å². The summed E-state index contributed by atoms with van der Waals surface area (Å²) in [6, 6.07) is 4.25. The Labute approximate surface area is 165 Å². The lowest BCUT2D eigenvalue weighted by atomic mass is 10.1. The summed E-state index contributed by atoms with van der Waals surface area (Å²) in [5, 5.41) is 3.37. The number of benzene rings is 1. The Balaban J connectivity index is 1.83. The van der Waals surface area contributed by atoms with Crippen molar-refractivity contribution in [1.29, 1.82) is 0 Å². The number of nitrogens with zero attached hydrogens (tertiary/aromatic N) is 3. The number of aromatic nitrogens is 2. The highest BCUT2D eigenvalue weighted by atomic mass is 32.1. The fourth-order valence-electron chi connectivity index (χ4n) is 3.21. The first-order valence-electron chi connectivity index (χ1n) is 8.96. The monoisotopic (exact) mass is 416 g/mol. The van der Waals surface area contributed by atoms with Gasteiger partial charge in [-0.05, 0) is 32.0 Å². The maximum atomic E-state index is 13.7. The molecule has 3 rings (SSSR count). The third-order valence-electron chi connectivity index (χ3n) is 4.31. The third-order valence-corrected chi connectivity index (χ3v) is 4.98. The molecule has 1 aliphatic rings. The summed E-state index contributed by atoms with van der Waals surface area (Å²) in [7, 11) is 1.59. The van der Waals surface area contributed by atoms with Crippen LogP contribution in [0.3, 0.4) is 0 Å². The van der Waals surface area contributed by atoms with Gasteiger partial charge in [0.2, 0.25) is 5.13 Å². The van der Waals surface area contributed by atoms with Gasteiger partial charge in [-0.3, -0.25) is 0 Å². The average Bonchev–Trinajstić information content (AvgIpc) is 3.05. The molecular weight excluding hydrogens is 393 g/mol. The Morgan fingerprint density at radius 2 is 2.00 bits per heavy atom. The molecule has 0 aliphatic carbocycles. The van der Waals surface area contributed by atoms with Crippen LogP contribution in [0.15, 0.2) is 18.2 Å². The summed E-state index contributed by atoms with van der Waals surface area (Å²) < 4.78 is 56.0. The van der Waals surface area contributed by atoms with Crippen molar-refractivity contribution >= 4 is 28.0 Å². The number of rotatable bonds is 6. The Morgan fingerprint density at radius 1 is 1.29 bits per heavy atom. The summed E-state index contributed by atoms with van der Waals surface area (Å²) in [6.07, 6.45) is -4.18. The summed E-state index contributed by atoms with van der Waals surface area (Å²) in [4.78, 5) is 6.01. The molecule has 0 spiro atoms. The normalized spacial score (nSPS) is 20.4. The number of morpholine rings is 1. The fourth-order valence-corrected chi connectivity index (χ4v) is 3.85. The van der Waals surface area contributed by atoms with Crippen LogP contribution in [-0.2, 0) is 22.1 Å². The number of nitrogens with one attached hydrogen (secondary N) is 1. The molecule has 154 valence electrons. The molecule has 6 nitrogen and oxygen atoms in total. The zero-order valence-corrected chi connectivity index (χ0v) is 16.7. The van der Waals surface area contributed by atoms with E-state index in [9.17, 15) is 13.2 Å². The lowest BCUT2D eigenvalue weighted by Crippen LogP contribution is -2.46. The topological polar surface area (TPSA) is 59.5 Å².